The maximum absolute atomic E-state index is 2.44. The molecule has 2 heterocycles. The Balaban J connectivity index is 1.39. The number of unbranched alkanes of at least 4 members (excludes halogenated alkanes) is 2. The first-order valence-electron chi connectivity index (χ1n) is 13.9. The van der Waals surface area contributed by atoms with Gasteiger partial charge in [0.25, 0.3) is 0 Å². The Bertz CT molecular complexity index is 1780. The summed E-state index contributed by atoms with van der Waals surface area (Å²) in [6.45, 7) is 13.5. The van der Waals surface area contributed by atoms with E-state index in [9.17, 15) is 0 Å². The lowest BCUT2D eigenvalue weighted by molar-refractivity contribution is 0.718. The molecule has 0 saturated heterocycles. The smallest absolute Gasteiger partial charge is 0.0542 e. The molecule has 0 saturated carbocycles. The van der Waals surface area contributed by atoms with Crippen LogP contribution in [0.15, 0.2) is 60.7 Å². The molecule has 0 aliphatic heterocycles. The predicted molar refractivity (Wildman–Crippen MR) is 172 cm³/mol. The predicted octanol–water partition coefficient (Wildman–Crippen LogP) is 11.9. The van der Waals surface area contributed by atoms with Gasteiger partial charge >= 0.3 is 0 Å². The van der Waals surface area contributed by atoms with Crippen molar-refractivity contribution in [1.29, 1.82) is 0 Å². The van der Waals surface area contributed by atoms with Crippen LogP contribution in [0.1, 0.15) is 59.6 Å². The lowest BCUT2D eigenvalue weighted by atomic mass is 9.86. The number of aryl methyl sites for hydroxylation is 6. The SMILES string of the molecule is CCCCCc1ccc2c(c1)sc1c3ccc(-c4cc(C)c(-c5c(C)cc(C)cc5C)c(C)c4)cc3sc21. The minimum atomic E-state index is 1.19. The third-order valence-corrected chi connectivity index (χ3v) is 10.5. The summed E-state index contributed by atoms with van der Waals surface area (Å²) < 4.78 is 5.73. The van der Waals surface area contributed by atoms with E-state index >= 15 is 0 Å². The zero-order valence-corrected chi connectivity index (χ0v) is 25.1. The Kier molecular flexibility index (Phi) is 6.66. The van der Waals surface area contributed by atoms with Crippen LogP contribution in [-0.4, -0.2) is 0 Å². The summed E-state index contributed by atoms with van der Waals surface area (Å²) in [5.74, 6) is 0. The molecule has 2 heteroatoms. The zero-order valence-electron chi connectivity index (χ0n) is 23.4. The maximum Gasteiger partial charge on any atom is 0.0542 e. The normalized spacial score (nSPS) is 11.8. The van der Waals surface area contributed by atoms with Crippen LogP contribution >= 0.6 is 22.7 Å². The minimum absolute atomic E-state index is 1.19. The molecule has 0 spiro atoms. The summed E-state index contributed by atoms with van der Waals surface area (Å²) >= 11 is 3.93. The van der Waals surface area contributed by atoms with Crippen molar-refractivity contribution in [3.05, 3.63) is 94.0 Å². The molecule has 6 rings (SSSR count). The summed E-state index contributed by atoms with van der Waals surface area (Å²) in [6.07, 6.45) is 5.08. The monoisotopic (exact) mass is 532 g/mol. The maximum atomic E-state index is 2.44. The Morgan fingerprint density at radius 1 is 0.553 bits per heavy atom. The lowest BCUT2D eigenvalue weighted by Gasteiger charge is -2.18. The molecular formula is C36H36S2. The highest BCUT2D eigenvalue weighted by molar-refractivity contribution is 7.36. The van der Waals surface area contributed by atoms with Gasteiger partial charge in [0.15, 0.2) is 0 Å². The topological polar surface area (TPSA) is 0 Å². The van der Waals surface area contributed by atoms with Gasteiger partial charge in [0, 0.05) is 20.2 Å². The van der Waals surface area contributed by atoms with Gasteiger partial charge in [-0.05, 0) is 110 Å². The third kappa shape index (κ3) is 4.38. The van der Waals surface area contributed by atoms with Crippen molar-refractivity contribution in [2.24, 2.45) is 0 Å². The van der Waals surface area contributed by atoms with Crippen LogP contribution in [0.4, 0.5) is 0 Å². The average Bonchev–Trinajstić information content (AvgIpc) is 3.40. The van der Waals surface area contributed by atoms with Crippen LogP contribution in [-0.2, 0) is 6.42 Å². The summed E-state index contributed by atoms with van der Waals surface area (Å²) in [6, 6.07) is 23.6. The van der Waals surface area contributed by atoms with Gasteiger partial charge in [0.2, 0.25) is 0 Å². The number of thiophene rings is 2. The highest BCUT2D eigenvalue weighted by Gasteiger charge is 2.16. The summed E-state index contributed by atoms with van der Waals surface area (Å²) in [7, 11) is 0. The largest absolute Gasteiger partial charge is 0.134 e. The van der Waals surface area contributed by atoms with Crippen LogP contribution in [0.2, 0.25) is 0 Å². The van der Waals surface area contributed by atoms with E-state index in [1.807, 2.05) is 22.7 Å². The Labute approximate surface area is 235 Å². The molecule has 0 atom stereocenters. The number of hydrogen-bond acceptors (Lipinski definition) is 2. The van der Waals surface area contributed by atoms with Crippen molar-refractivity contribution < 1.29 is 0 Å². The molecule has 0 nitrogen and oxygen atoms in total. The highest BCUT2D eigenvalue weighted by atomic mass is 32.1. The molecule has 0 aliphatic carbocycles. The van der Waals surface area contributed by atoms with Crippen molar-refractivity contribution in [2.45, 2.75) is 67.2 Å². The Morgan fingerprint density at radius 2 is 1.11 bits per heavy atom. The van der Waals surface area contributed by atoms with E-state index in [0.717, 1.165) is 0 Å². The third-order valence-electron chi connectivity index (χ3n) is 8.01. The molecule has 2 aromatic heterocycles. The standard InChI is InChI=1S/C36H36S2/c1-7-8-9-10-26-11-13-29-31(19-26)37-36-30-14-12-27(20-32(30)38-35(29)36)28-17-24(5)34(25(6)18-28)33-22(3)15-21(2)16-23(33)4/h11-20H,7-10H2,1-6H3. The number of rotatable bonds is 6. The number of benzene rings is 4. The Morgan fingerprint density at radius 3 is 1.71 bits per heavy atom. The van der Waals surface area contributed by atoms with Gasteiger partial charge in [-0.25, -0.2) is 0 Å². The fraction of sp³-hybridized carbons (Fsp3) is 0.278. The molecule has 0 bridgehead atoms. The van der Waals surface area contributed by atoms with E-state index in [-0.39, 0.29) is 0 Å². The second-order valence-corrected chi connectivity index (χ2v) is 13.2. The van der Waals surface area contributed by atoms with Crippen molar-refractivity contribution in [1.82, 2.24) is 0 Å². The summed E-state index contributed by atoms with van der Waals surface area (Å²) in [5.41, 5.74) is 13.6. The summed E-state index contributed by atoms with van der Waals surface area (Å²) in [5, 5.41) is 2.82. The molecule has 6 aromatic rings. The minimum Gasteiger partial charge on any atom is -0.134 e. The van der Waals surface area contributed by atoms with E-state index in [0.29, 0.717) is 0 Å². The van der Waals surface area contributed by atoms with Crippen molar-refractivity contribution in [3.63, 3.8) is 0 Å². The summed E-state index contributed by atoms with van der Waals surface area (Å²) in [4.78, 5) is 0. The van der Waals surface area contributed by atoms with Crippen LogP contribution in [0.3, 0.4) is 0 Å². The van der Waals surface area contributed by atoms with Gasteiger partial charge in [-0.1, -0.05) is 73.9 Å². The number of fused-ring (bicyclic) bond motifs is 5. The van der Waals surface area contributed by atoms with Gasteiger partial charge in [0.05, 0.1) is 9.40 Å². The van der Waals surface area contributed by atoms with Gasteiger partial charge in [-0.3, -0.25) is 0 Å². The fourth-order valence-electron chi connectivity index (χ4n) is 6.31. The zero-order chi connectivity index (χ0) is 26.6. The second kappa shape index (κ2) is 9.98. The van der Waals surface area contributed by atoms with Crippen LogP contribution in [0.25, 0.3) is 51.8 Å². The van der Waals surface area contributed by atoms with Crippen LogP contribution < -0.4 is 0 Å². The molecule has 0 radical (unpaired) electrons. The molecule has 0 fully saturated rings. The van der Waals surface area contributed by atoms with E-state index in [4.69, 9.17) is 0 Å². The molecule has 0 N–H and O–H groups in total. The fourth-order valence-corrected chi connectivity index (χ4v) is 9.07. The first-order valence-corrected chi connectivity index (χ1v) is 15.5. The second-order valence-electron chi connectivity index (χ2n) is 11.1. The van der Waals surface area contributed by atoms with E-state index in [1.165, 1.54) is 111 Å². The van der Waals surface area contributed by atoms with Crippen LogP contribution in [0.5, 0.6) is 0 Å². The van der Waals surface area contributed by atoms with E-state index < -0.39 is 0 Å². The molecule has 38 heavy (non-hydrogen) atoms. The molecule has 0 amide bonds. The van der Waals surface area contributed by atoms with Crippen molar-refractivity contribution in [2.75, 3.05) is 0 Å². The first kappa shape index (κ1) is 25.3. The molecule has 192 valence electrons. The van der Waals surface area contributed by atoms with E-state index in [2.05, 4.69) is 102 Å². The van der Waals surface area contributed by atoms with Gasteiger partial charge in [0.1, 0.15) is 0 Å². The van der Waals surface area contributed by atoms with Crippen LogP contribution in [0, 0.1) is 34.6 Å². The molecule has 0 unspecified atom stereocenters. The average molecular weight is 533 g/mol. The number of hydrogen-bond donors (Lipinski definition) is 0. The van der Waals surface area contributed by atoms with Gasteiger partial charge in [-0.2, -0.15) is 0 Å². The van der Waals surface area contributed by atoms with Crippen molar-refractivity contribution in [3.8, 4) is 22.3 Å². The van der Waals surface area contributed by atoms with Gasteiger partial charge < -0.3 is 0 Å². The molecule has 0 aliphatic rings. The van der Waals surface area contributed by atoms with Crippen molar-refractivity contribution >= 4 is 52.2 Å². The Hall–Kier alpha value is -2.94. The van der Waals surface area contributed by atoms with E-state index in [1.54, 1.807) is 0 Å². The molecule has 4 aromatic carbocycles. The lowest BCUT2D eigenvalue weighted by Crippen LogP contribution is -1.96. The molecular weight excluding hydrogens is 497 g/mol. The quantitative estimate of drug-likeness (QED) is 0.187. The van der Waals surface area contributed by atoms with Gasteiger partial charge in [-0.15, -0.1) is 22.7 Å². The highest BCUT2D eigenvalue weighted by Crippen LogP contribution is 2.46. The first-order chi connectivity index (χ1) is 18.3.